The molecule has 5 heteroatoms. The molecule has 1 aliphatic heterocycles. The molecule has 90 valence electrons. The molecule has 0 amide bonds. The van der Waals surface area contributed by atoms with Gasteiger partial charge in [-0.3, -0.25) is 0 Å². The van der Waals surface area contributed by atoms with Crippen molar-refractivity contribution in [3.05, 3.63) is 0 Å². The summed E-state index contributed by atoms with van der Waals surface area (Å²) in [5.41, 5.74) is -0.452. The lowest BCUT2D eigenvalue weighted by molar-refractivity contribution is -0.201. The molecule has 0 spiro atoms. The number of aliphatic hydroxyl groups excluding tert-OH is 3. The van der Waals surface area contributed by atoms with E-state index in [0.717, 1.165) is 0 Å². The van der Waals surface area contributed by atoms with Crippen molar-refractivity contribution in [2.45, 2.75) is 50.1 Å². The molecule has 3 N–H and O–H groups in total. The lowest BCUT2D eigenvalue weighted by Crippen LogP contribution is -2.56. The van der Waals surface area contributed by atoms with Gasteiger partial charge in [-0.05, 0) is 18.6 Å². The Labute approximate surface area is 94.6 Å². The van der Waals surface area contributed by atoms with Crippen molar-refractivity contribution < 1.29 is 20.1 Å². The van der Waals surface area contributed by atoms with Crippen molar-refractivity contribution >= 4 is 11.8 Å². The number of aliphatic hydroxyl groups is 3. The van der Waals surface area contributed by atoms with Crippen LogP contribution >= 0.6 is 11.8 Å². The van der Waals surface area contributed by atoms with Gasteiger partial charge in [0.25, 0.3) is 0 Å². The first-order chi connectivity index (χ1) is 6.97. The van der Waals surface area contributed by atoms with Gasteiger partial charge in [0.2, 0.25) is 0 Å². The van der Waals surface area contributed by atoms with Crippen LogP contribution in [0.2, 0.25) is 0 Å². The topological polar surface area (TPSA) is 69.9 Å². The predicted octanol–water partition coefficient (Wildman–Crippen LogP) is 0.203. The van der Waals surface area contributed by atoms with E-state index in [4.69, 9.17) is 4.74 Å². The molecule has 0 aromatic rings. The molecule has 1 heterocycles. The molecule has 15 heavy (non-hydrogen) atoms. The van der Waals surface area contributed by atoms with Crippen LogP contribution in [0.4, 0.5) is 0 Å². The molecule has 1 aliphatic rings. The van der Waals surface area contributed by atoms with Crippen LogP contribution in [0.25, 0.3) is 0 Å². The van der Waals surface area contributed by atoms with E-state index >= 15 is 0 Å². The van der Waals surface area contributed by atoms with Crippen molar-refractivity contribution in [1.82, 2.24) is 0 Å². The summed E-state index contributed by atoms with van der Waals surface area (Å²) in [6.07, 6.45) is -1.02. The van der Waals surface area contributed by atoms with Gasteiger partial charge >= 0.3 is 0 Å². The van der Waals surface area contributed by atoms with Crippen molar-refractivity contribution in [2.24, 2.45) is 5.92 Å². The number of hydrogen-bond donors (Lipinski definition) is 3. The zero-order valence-corrected chi connectivity index (χ0v) is 10.1. The van der Waals surface area contributed by atoms with E-state index < -0.39 is 23.7 Å². The molecule has 5 unspecified atom stereocenters. The molecule has 5 atom stereocenters. The van der Waals surface area contributed by atoms with E-state index in [9.17, 15) is 15.3 Å². The second-order valence-corrected chi connectivity index (χ2v) is 5.32. The zero-order chi connectivity index (χ0) is 11.6. The van der Waals surface area contributed by atoms with Gasteiger partial charge in [0.15, 0.2) is 0 Å². The number of rotatable bonds is 3. The minimum atomic E-state index is -1.11. The molecular formula is C10H20O4S. The molecule has 0 aromatic carbocycles. The molecule has 0 aromatic heterocycles. The normalized spacial score (nSPS) is 42.2. The number of hydrogen-bond acceptors (Lipinski definition) is 5. The van der Waals surface area contributed by atoms with Gasteiger partial charge in [-0.15, -0.1) is 11.8 Å². The molecule has 4 nitrogen and oxygen atoms in total. The van der Waals surface area contributed by atoms with E-state index in [2.05, 4.69) is 0 Å². The SMILES string of the molecule is CSC1OC(CC(C)C)C(O)C(O)C1O. The molecule has 1 fully saturated rings. The lowest BCUT2D eigenvalue weighted by atomic mass is 9.94. The number of ether oxygens (including phenoxy) is 1. The van der Waals surface area contributed by atoms with Crippen molar-refractivity contribution in [1.29, 1.82) is 0 Å². The highest BCUT2D eigenvalue weighted by Crippen LogP contribution is 2.29. The predicted molar refractivity (Wildman–Crippen MR) is 59.7 cm³/mol. The van der Waals surface area contributed by atoms with Crippen LogP contribution in [0.3, 0.4) is 0 Å². The molecule has 0 saturated carbocycles. The maximum atomic E-state index is 9.73. The van der Waals surface area contributed by atoms with Crippen molar-refractivity contribution in [3.63, 3.8) is 0 Å². The summed E-state index contributed by atoms with van der Waals surface area (Å²) in [5, 5.41) is 29.0. The maximum Gasteiger partial charge on any atom is 0.132 e. The summed E-state index contributed by atoms with van der Waals surface area (Å²) < 4.78 is 5.54. The van der Waals surface area contributed by atoms with Crippen molar-refractivity contribution in [3.8, 4) is 0 Å². The average Bonchev–Trinajstić information content (AvgIpc) is 2.18. The van der Waals surface area contributed by atoms with E-state index in [1.165, 1.54) is 11.8 Å². The third-order valence-corrected chi connectivity index (χ3v) is 3.46. The Hall–Kier alpha value is 0.190. The van der Waals surface area contributed by atoms with Crippen LogP contribution in [0.5, 0.6) is 0 Å². The van der Waals surface area contributed by atoms with Crippen LogP contribution < -0.4 is 0 Å². The van der Waals surface area contributed by atoms with E-state index in [1.807, 2.05) is 20.1 Å². The van der Waals surface area contributed by atoms with Crippen LogP contribution in [-0.4, -0.2) is 51.4 Å². The van der Waals surface area contributed by atoms with Gasteiger partial charge < -0.3 is 20.1 Å². The third-order valence-electron chi connectivity index (χ3n) is 2.60. The zero-order valence-electron chi connectivity index (χ0n) is 9.33. The minimum Gasteiger partial charge on any atom is -0.388 e. The highest BCUT2D eigenvalue weighted by atomic mass is 32.2. The largest absolute Gasteiger partial charge is 0.388 e. The Morgan fingerprint density at radius 3 is 2.20 bits per heavy atom. The standard InChI is InChI=1S/C10H20O4S/c1-5(2)4-6-7(11)8(12)9(13)10(14-6)15-3/h5-13H,4H2,1-3H3. The smallest absolute Gasteiger partial charge is 0.132 e. The first-order valence-electron chi connectivity index (χ1n) is 5.19. The van der Waals surface area contributed by atoms with Gasteiger partial charge in [-0.1, -0.05) is 13.8 Å². The second kappa shape index (κ2) is 5.50. The fourth-order valence-electron chi connectivity index (χ4n) is 1.77. The van der Waals surface area contributed by atoms with Crippen LogP contribution in [0.15, 0.2) is 0 Å². The lowest BCUT2D eigenvalue weighted by Gasteiger charge is -2.40. The summed E-state index contributed by atoms with van der Waals surface area (Å²) in [5.74, 6) is 0.384. The summed E-state index contributed by atoms with van der Waals surface area (Å²) >= 11 is 1.35. The van der Waals surface area contributed by atoms with Gasteiger partial charge in [0.05, 0.1) is 6.10 Å². The Balaban J connectivity index is 2.65. The second-order valence-electron chi connectivity index (χ2n) is 4.38. The number of thioether (sulfide) groups is 1. The van der Waals surface area contributed by atoms with Gasteiger partial charge in [0.1, 0.15) is 23.7 Å². The summed E-state index contributed by atoms with van der Waals surface area (Å²) in [7, 11) is 0. The highest BCUT2D eigenvalue weighted by molar-refractivity contribution is 7.99. The summed E-state index contributed by atoms with van der Waals surface area (Å²) in [4.78, 5) is 0. The highest BCUT2D eigenvalue weighted by Gasteiger charge is 2.43. The maximum absolute atomic E-state index is 9.73. The average molecular weight is 236 g/mol. The quantitative estimate of drug-likeness (QED) is 0.653. The fourth-order valence-corrected chi connectivity index (χ4v) is 2.46. The fraction of sp³-hybridized carbons (Fsp3) is 1.00. The van der Waals surface area contributed by atoms with Crippen LogP contribution in [0, 0.1) is 5.92 Å². The third kappa shape index (κ3) is 3.07. The molecule has 1 saturated heterocycles. The Morgan fingerprint density at radius 2 is 1.73 bits per heavy atom. The van der Waals surface area contributed by atoms with Crippen LogP contribution in [0.1, 0.15) is 20.3 Å². The minimum absolute atomic E-state index is 0.384. The molecule has 0 aliphatic carbocycles. The monoisotopic (exact) mass is 236 g/mol. The Morgan fingerprint density at radius 1 is 1.13 bits per heavy atom. The van der Waals surface area contributed by atoms with Gasteiger partial charge in [-0.25, -0.2) is 0 Å². The first kappa shape index (κ1) is 13.3. The van der Waals surface area contributed by atoms with E-state index in [0.29, 0.717) is 12.3 Å². The molecule has 0 bridgehead atoms. The molecule has 1 rings (SSSR count). The Bertz CT molecular complexity index is 198. The summed E-state index contributed by atoms with van der Waals surface area (Å²) in [6, 6.07) is 0. The van der Waals surface area contributed by atoms with Crippen LogP contribution in [-0.2, 0) is 4.74 Å². The first-order valence-corrected chi connectivity index (χ1v) is 6.48. The van der Waals surface area contributed by atoms with Crippen molar-refractivity contribution in [2.75, 3.05) is 6.26 Å². The Kier molecular flexibility index (Phi) is 4.86. The van der Waals surface area contributed by atoms with Gasteiger partial charge in [-0.2, -0.15) is 0 Å². The van der Waals surface area contributed by atoms with Gasteiger partial charge in [0, 0.05) is 0 Å². The van der Waals surface area contributed by atoms with E-state index in [-0.39, 0.29) is 6.10 Å². The molecule has 0 radical (unpaired) electrons. The summed E-state index contributed by atoms with van der Waals surface area (Å²) in [6.45, 7) is 4.06. The van der Waals surface area contributed by atoms with E-state index in [1.54, 1.807) is 0 Å². The molecular weight excluding hydrogens is 216 g/mol.